The van der Waals surface area contributed by atoms with Crippen LogP contribution in [0.3, 0.4) is 0 Å². The number of hydrogen-bond donors (Lipinski definition) is 1. The van der Waals surface area contributed by atoms with Crippen molar-refractivity contribution in [2.24, 2.45) is 0 Å². The SMILES string of the molecule is CCCc1ccc(OC(C)C(NC)c2ccccc2)cc1. The van der Waals surface area contributed by atoms with Crippen LogP contribution in [0.2, 0.25) is 0 Å². The minimum absolute atomic E-state index is 0.0643. The average molecular weight is 283 g/mol. The molecule has 0 saturated carbocycles. The van der Waals surface area contributed by atoms with Gasteiger partial charge in [0, 0.05) is 0 Å². The summed E-state index contributed by atoms with van der Waals surface area (Å²) in [6.45, 7) is 4.30. The molecule has 112 valence electrons. The molecule has 0 amide bonds. The van der Waals surface area contributed by atoms with E-state index in [0.717, 1.165) is 12.2 Å². The van der Waals surface area contributed by atoms with Crippen LogP contribution < -0.4 is 10.1 Å². The van der Waals surface area contributed by atoms with Gasteiger partial charge in [-0.15, -0.1) is 0 Å². The van der Waals surface area contributed by atoms with Crippen LogP contribution >= 0.6 is 0 Å². The van der Waals surface area contributed by atoms with Gasteiger partial charge in [-0.3, -0.25) is 0 Å². The van der Waals surface area contributed by atoms with Crippen LogP contribution in [0, 0.1) is 0 Å². The molecule has 0 fully saturated rings. The maximum absolute atomic E-state index is 6.09. The van der Waals surface area contributed by atoms with Gasteiger partial charge in [-0.2, -0.15) is 0 Å². The largest absolute Gasteiger partial charge is 0.489 e. The minimum Gasteiger partial charge on any atom is -0.489 e. The molecule has 1 N–H and O–H groups in total. The number of hydrogen-bond acceptors (Lipinski definition) is 2. The van der Waals surface area contributed by atoms with Crippen molar-refractivity contribution >= 4 is 0 Å². The van der Waals surface area contributed by atoms with Gasteiger partial charge in [-0.25, -0.2) is 0 Å². The third-order valence-corrected chi connectivity index (χ3v) is 3.72. The molecule has 2 aromatic carbocycles. The number of benzene rings is 2. The lowest BCUT2D eigenvalue weighted by Gasteiger charge is -2.25. The molecule has 0 aliphatic rings. The Labute approximate surface area is 128 Å². The first-order valence-electron chi connectivity index (χ1n) is 7.72. The second kappa shape index (κ2) is 7.84. The predicted octanol–water partition coefficient (Wildman–Crippen LogP) is 4.37. The summed E-state index contributed by atoms with van der Waals surface area (Å²) >= 11 is 0. The predicted molar refractivity (Wildman–Crippen MR) is 88.8 cm³/mol. The standard InChI is InChI=1S/C19H25NO/c1-4-8-16-11-13-18(14-12-16)21-15(2)19(20-3)17-9-6-5-7-10-17/h5-7,9-15,19-20H,4,8H2,1-3H3. The van der Waals surface area contributed by atoms with Crippen molar-refractivity contribution in [3.63, 3.8) is 0 Å². The minimum atomic E-state index is 0.0643. The maximum Gasteiger partial charge on any atom is 0.119 e. The van der Waals surface area contributed by atoms with Gasteiger partial charge in [0.1, 0.15) is 11.9 Å². The maximum atomic E-state index is 6.09. The Morgan fingerprint density at radius 1 is 1.00 bits per heavy atom. The number of aryl methyl sites for hydroxylation is 1. The van der Waals surface area contributed by atoms with Crippen LogP contribution in [0.4, 0.5) is 0 Å². The molecule has 2 atom stereocenters. The van der Waals surface area contributed by atoms with Gasteiger partial charge >= 0.3 is 0 Å². The lowest BCUT2D eigenvalue weighted by Crippen LogP contribution is -2.31. The smallest absolute Gasteiger partial charge is 0.119 e. The highest BCUT2D eigenvalue weighted by Gasteiger charge is 2.18. The molecular formula is C19H25NO. The van der Waals surface area contributed by atoms with Crippen LogP contribution in [0.5, 0.6) is 5.75 Å². The summed E-state index contributed by atoms with van der Waals surface area (Å²) in [5, 5.41) is 3.35. The second-order valence-electron chi connectivity index (χ2n) is 5.39. The van der Waals surface area contributed by atoms with Crippen LogP contribution in [-0.2, 0) is 6.42 Å². The molecule has 0 aromatic heterocycles. The Balaban J connectivity index is 2.03. The van der Waals surface area contributed by atoms with Crippen LogP contribution in [0.25, 0.3) is 0 Å². The molecule has 0 saturated heterocycles. The first kappa shape index (κ1) is 15.6. The molecule has 2 heteroatoms. The molecule has 0 heterocycles. The van der Waals surface area contributed by atoms with Crippen molar-refractivity contribution in [1.82, 2.24) is 5.32 Å². The Bertz CT molecular complexity index is 521. The van der Waals surface area contributed by atoms with E-state index in [9.17, 15) is 0 Å². The van der Waals surface area contributed by atoms with Gasteiger partial charge in [0.25, 0.3) is 0 Å². The molecule has 2 aromatic rings. The summed E-state index contributed by atoms with van der Waals surface area (Å²) in [5.74, 6) is 0.929. The van der Waals surface area contributed by atoms with Crippen LogP contribution in [0.15, 0.2) is 54.6 Å². The molecule has 0 aliphatic carbocycles. The van der Waals surface area contributed by atoms with Crippen molar-refractivity contribution in [1.29, 1.82) is 0 Å². The van der Waals surface area contributed by atoms with Gasteiger partial charge in [0.15, 0.2) is 0 Å². The number of ether oxygens (including phenoxy) is 1. The van der Waals surface area contributed by atoms with E-state index in [2.05, 4.69) is 67.7 Å². The van der Waals surface area contributed by atoms with E-state index < -0.39 is 0 Å². The summed E-state index contributed by atoms with van der Waals surface area (Å²) in [7, 11) is 1.97. The van der Waals surface area contributed by atoms with E-state index in [4.69, 9.17) is 4.74 Å². The summed E-state index contributed by atoms with van der Waals surface area (Å²) in [6, 6.07) is 19.0. The summed E-state index contributed by atoms with van der Waals surface area (Å²) < 4.78 is 6.09. The lowest BCUT2D eigenvalue weighted by molar-refractivity contribution is 0.175. The molecule has 0 spiro atoms. The molecule has 0 aliphatic heterocycles. The number of nitrogens with one attached hydrogen (secondary N) is 1. The Morgan fingerprint density at radius 2 is 1.67 bits per heavy atom. The van der Waals surface area contributed by atoms with Crippen molar-refractivity contribution in [2.45, 2.75) is 38.8 Å². The fourth-order valence-corrected chi connectivity index (χ4v) is 2.64. The zero-order valence-corrected chi connectivity index (χ0v) is 13.2. The van der Waals surface area contributed by atoms with Gasteiger partial charge in [-0.1, -0.05) is 55.8 Å². The summed E-state index contributed by atoms with van der Waals surface area (Å²) in [6.07, 6.45) is 2.36. The molecule has 0 radical (unpaired) electrons. The topological polar surface area (TPSA) is 21.3 Å². The van der Waals surface area contributed by atoms with Gasteiger partial charge in [0.05, 0.1) is 6.04 Å². The second-order valence-corrected chi connectivity index (χ2v) is 5.39. The van der Waals surface area contributed by atoms with E-state index >= 15 is 0 Å². The average Bonchev–Trinajstić information content (AvgIpc) is 2.51. The van der Waals surface area contributed by atoms with Gasteiger partial charge in [-0.05, 0) is 43.7 Å². The van der Waals surface area contributed by atoms with E-state index in [1.54, 1.807) is 0 Å². The third kappa shape index (κ3) is 4.33. The first-order chi connectivity index (χ1) is 10.2. The molecule has 2 nitrogen and oxygen atoms in total. The Morgan fingerprint density at radius 3 is 2.24 bits per heavy atom. The first-order valence-corrected chi connectivity index (χ1v) is 7.72. The van der Waals surface area contributed by atoms with Crippen LogP contribution in [0.1, 0.15) is 37.4 Å². The van der Waals surface area contributed by atoms with E-state index in [-0.39, 0.29) is 12.1 Å². The normalized spacial score (nSPS) is 13.7. The van der Waals surface area contributed by atoms with Crippen molar-refractivity contribution in [3.05, 3.63) is 65.7 Å². The van der Waals surface area contributed by atoms with E-state index in [1.165, 1.54) is 17.5 Å². The quantitative estimate of drug-likeness (QED) is 0.815. The highest BCUT2D eigenvalue weighted by Crippen LogP contribution is 2.22. The number of rotatable bonds is 7. The van der Waals surface area contributed by atoms with Gasteiger partial charge in [0.2, 0.25) is 0 Å². The molecule has 0 bridgehead atoms. The zero-order valence-electron chi connectivity index (χ0n) is 13.2. The Hall–Kier alpha value is -1.80. The summed E-state index contributed by atoms with van der Waals surface area (Å²) in [4.78, 5) is 0. The lowest BCUT2D eigenvalue weighted by atomic mass is 10.0. The zero-order chi connectivity index (χ0) is 15.1. The highest BCUT2D eigenvalue weighted by atomic mass is 16.5. The number of likely N-dealkylation sites (N-methyl/N-ethyl adjacent to an activating group) is 1. The molecule has 2 rings (SSSR count). The fraction of sp³-hybridized carbons (Fsp3) is 0.368. The van der Waals surface area contributed by atoms with Crippen LogP contribution in [-0.4, -0.2) is 13.2 Å². The molecular weight excluding hydrogens is 258 g/mol. The molecule has 21 heavy (non-hydrogen) atoms. The van der Waals surface area contributed by atoms with E-state index in [1.807, 2.05) is 13.1 Å². The third-order valence-electron chi connectivity index (χ3n) is 3.72. The van der Waals surface area contributed by atoms with E-state index in [0.29, 0.717) is 0 Å². The molecule has 2 unspecified atom stereocenters. The van der Waals surface area contributed by atoms with Crippen molar-refractivity contribution in [3.8, 4) is 5.75 Å². The summed E-state index contributed by atoms with van der Waals surface area (Å²) in [5.41, 5.74) is 2.61. The van der Waals surface area contributed by atoms with Crippen molar-refractivity contribution in [2.75, 3.05) is 7.05 Å². The monoisotopic (exact) mass is 283 g/mol. The van der Waals surface area contributed by atoms with Gasteiger partial charge < -0.3 is 10.1 Å². The highest BCUT2D eigenvalue weighted by molar-refractivity contribution is 5.28. The van der Waals surface area contributed by atoms with Crippen molar-refractivity contribution < 1.29 is 4.74 Å². The fourth-order valence-electron chi connectivity index (χ4n) is 2.64. The Kier molecular flexibility index (Phi) is 5.82.